The molecule has 1 heterocycles. The van der Waals surface area contributed by atoms with Crippen molar-refractivity contribution in [3.63, 3.8) is 0 Å². The first kappa shape index (κ1) is 16.1. The van der Waals surface area contributed by atoms with E-state index < -0.39 is 17.2 Å². The van der Waals surface area contributed by atoms with E-state index in [9.17, 15) is 14.4 Å². The third-order valence-electron chi connectivity index (χ3n) is 2.72. The Morgan fingerprint density at radius 2 is 2.17 bits per heavy atom. The van der Waals surface area contributed by atoms with Crippen LogP contribution in [0.25, 0.3) is 0 Å². The van der Waals surface area contributed by atoms with Gasteiger partial charge in [-0.25, -0.2) is 15.3 Å². The molecule has 23 heavy (non-hydrogen) atoms. The third kappa shape index (κ3) is 4.63. The Bertz CT molecular complexity index is 824. The Hall–Kier alpha value is -3.23. The van der Waals surface area contributed by atoms with Crippen molar-refractivity contribution in [2.45, 2.75) is 13.3 Å². The van der Waals surface area contributed by atoms with Gasteiger partial charge in [0, 0.05) is 5.56 Å². The third-order valence-corrected chi connectivity index (χ3v) is 2.72. The van der Waals surface area contributed by atoms with Crippen molar-refractivity contribution < 1.29 is 9.53 Å². The molecule has 0 aliphatic heterocycles. The van der Waals surface area contributed by atoms with Gasteiger partial charge in [0.15, 0.2) is 0 Å². The first-order valence-electron chi connectivity index (χ1n) is 6.81. The molecule has 3 N–H and O–H groups in total. The van der Waals surface area contributed by atoms with Gasteiger partial charge in [0.05, 0.1) is 19.2 Å². The standard InChI is InChI=1S/C14H15N5O4/c1-2-23-11-6-4-3-5-9(11)8-15-18-12(20)7-10-13(21)16-14(22)19-17-10/h3-6,8H,2,7H2,1H3,(H,18,20)(H2,16,19,21,22). The summed E-state index contributed by atoms with van der Waals surface area (Å²) in [6.45, 7) is 2.38. The second-order valence-corrected chi connectivity index (χ2v) is 4.39. The van der Waals surface area contributed by atoms with Crippen LogP contribution in [0, 0.1) is 0 Å². The number of nitrogens with zero attached hydrogens (tertiary/aromatic N) is 2. The molecule has 0 unspecified atom stereocenters. The Morgan fingerprint density at radius 1 is 1.39 bits per heavy atom. The molecule has 0 radical (unpaired) electrons. The Kier molecular flexibility index (Phi) is 5.40. The van der Waals surface area contributed by atoms with E-state index in [1.54, 1.807) is 12.1 Å². The predicted molar refractivity (Wildman–Crippen MR) is 82.5 cm³/mol. The molecule has 0 atom stereocenters. The first-order valence-corrected chi connectivity index (χ1v) is 6.81. The molecule has 0 saturated heterocycles. The van der Waals surface area contributed by atoms with Crippen molar-refractivity contribution >= 4 is 12.1 Å². The fourth-order valence-electron chi connectivity index (χ4n) is 1.73. The Labute approximate surface area is 130 Å². The number of hydrogen-bond acceptors (Lipinski definition) is 6. The summed E-state index contributed by atoms with van der Waals surface area (Å²) in [5.41, 5.74) is 1.43. The summed E-state index contributed by atoms with van der Waals surface area (Å²) >= 11 is 0. The van der Waals surface area contributed by atoms with Gasteiger partial charge >= 0.3 is 5.69 Å². The number of hydrazone groups is 1. The summed E-state index contributed by atoms with van der Waals surface area (Å²) in [5, 5.41) is 9.37. The minimum atomic E-state index is -0.732. The van der Waals surface area contributed by atoms with Crippen LogP contribution in [0.1, 0.15) is 18.2 Å². The zero-order valence-corrected chi connectivity index (χ0v) is 12.3. The number of rotatable bonds is 6. The van der Waals surface area contributed by atoms with E-state index in [4.69, 9.17) is 4.74 Å². The lowest BCUT2D eigenvalue weighted by Crippen LogP contribution is -2.31. The van der Waals surface area contributed by atoms with Crippen LogP contribution >= 0.6 is 0 Å². The van der Waals surface area contributed by atoms with E-state index in [-0.39, 0.29) is 12.1 Å². The number of H-pyrrole nitrogens is 2. The number of benzene rings is 1. The van der Waals surface area contributed by atoms with Gasteiger partial charge in [-0.2, -0.15) is 10.2 Å². The van der Waals surface area contributed by atoms with Crippen molar-refractivity contribution in [2.75, 3.05) is 6.61 Å². The van der Waals surface area contributed by atoms with Gasteiger partial charge in [-0.3, -0.25) is 14.6 Å². The number of para-hydroxylation sites is 1. The number of hydrogen-bond donors (Lipinski definition) is 3. The molecule has 1 amide bonds. The molecule has 0 aliphatic carbocycles. The van der Waals surface area contributed by atoms with Crippen LogP contribution in [0.15, 0.2) is 39.0 Å². The monoisotopic (exact) mass is 317 g/mol. The molecule has 1 aromatic heterocycles. The second kappa shape index (κ2) is 7.69. The van der Waals surface area contributed by atoms with Gasteiger partial charge in [-0.1, -0.05) is 12.1 Å². The van der Waals surface area contributed by atoms with Crippen LogP contribution in [0.4, 0.5) is 0 Å². The minimum absolute atomic E-state index is 0.105. The van der Waals surface area contributed by atoms with Crippen LogP contribution in [0.2, 0.25) is 0 Å². The number of carbonyl (C=O) groups is 1. The van der Waals surface area contributed by atoms with Gasteiger partial charge in [0.25, 0.3) is 5.56 Å². The van der Waals surface area contributed by atoms with Crippen LogP contribution in [0.5, 0.6) is 5.75 Å². The van der Waals surface area contributed by atoms with Crippen molar-refractivity contribution in [1.29, 1.82) is 0 Å². The lowest BCUT2D eigenvalue weighted by Gasteiger charge is -2.05. The summed E-state index contributed by atoms with van der Waals surface area (Å²) in [7, 11) is 0. The molecule has 1 aromatic carbocycles. The molecule has 0 spiro atoms. The highest BCUT2D eigenvalue weighted by Crippen LogP contribution is 2.15. The number of amides is 1. The van der Waals surface area contributed by atoms with E-state index in [1.165, 1.54) is 6.21 Å². The number of nitrogens with one attached hydrogen (secondary N) is 3. The Morgan fingerprint density at radius 3 is 2.91 bits per heavy atom. The molecule has 0 saturated carbocycles. The second-order valence-electron chi connectivity index (χ2n) is 4.39. The zero-order valence-electron chi connectivity index (χ0n) is 12.3. The van der Waals surface area contributed by atoms with Crippen LogP contribution in [-0.4, -0.2) is 33.9 Å². The fourth-order valence-corrected chi connectivity index (χ4v) is 1.73. The number of ether oxygens (including phenoxy) is 1. The average molecular weight is 317 g/mol. The minimum Gasteiger partial charge on any atom is -0.493 e. The number of aromatic nitrogens is 3. The molecular formula is C14H15N5O4. The van der Waals surface area contributed by atoms with Crippen LogP contribution in [0.3, 0.4) is 0 Å². The van der Waals surface area contributed by atoms with Gasteiger partial charge in [-0.15, -0.1) is 0 Å². The van der Waals surface area contributed by atoms with Crippen molar-refractivity contribution in [3.05, 3.63) is 56.4 Å². The number of aromatic amines is 2. The quantitative estimate of drug-likeness (QED) is 0.491. The number of carbonyl (C=O) groups excluding carboxylic acids is 1. The largest absolute Gasteiger partial charge is 0.493 e. The molecule has 2 aromatic rings. The molecule has 0 bridgehead atoms. The van der Waals surface area contributed by atoms with Gasteiger partial charge in [0.2, 0.25) is 5.91 Å². The maximum absolute atomic E-state index is 11.7. The summed E-state index contributed by atoms with van der Waals surface area (Å²) < 4.78 is 5.42. The molecule has 0 aliphatic rings. The normalized spacial score (nSPS) is 10.7. The molecule has 120 valence electrons. The Balaban J connectivity index is 1.99. The SMILES string of the molecule is CCOc1ccccc1C=NNC(=O)Cc1n[nH]c(=O)[nH]c1=O. The van der Waals surface area contributed by atoms with E-state index in [0.717, 1.165) is 0 Å². The fraction of sp³-hybridized carbons (Fsp3) is 0.214. The van der Waals surface area contributed by atoms with E-state index >= 15 is 0 Å². The van der Waals surface area contributed by atoms with Crippen LogP contribution in [-0.2, 0) is 11.2 Å². The topological polar surface area (TPSA) is 129 Å². The summed E-state index contributed by atoms with van der Waals surface area (Å²) in [6, 6.07) is 7.22. The van der Waals surface area contributed by atoms with Crippen molar-refractivity contribution in [3.8, 4) is 5.75 Å². The predicted octanol–water partition coefficient (Wildman–Crippen LogP) is -0.450. The molecule has 9 heteroatoms. The smallest absolute Gasteiger partial charge is 0.342 e. The van der Waals surface area contributed by atoms with Crippen molar-refractivity contribution in [2.24, 2.45) is 5.10 Å². The highest BCUT2D eigenvalue weighted by Gasteiger charge is 2.08. The maximum Gasteiger partial charge on any atom is 0.342 e. The lowest BCUT2D eigenvalue weighted by atomic mass is 10.2. The molecule has 9 nitrogen and oxygen atoms in total. The van der Waals surface area contributed by atoms with E-state index in [2.05, 4.69) is 20.7 Å². The molecule has 0 fully saturated rings. The highest BCUT2D eigenvalue weighted by molar-refractivity contribution is 5.85. The summed E-state index contributed by atoms with van der Waals surface area (Å²) in [4.78, 5) is 35.9. The highest BCUT2D eigenvalue weighted by atomic mass is 16.5. The summed E-state index contributed by atoms with van der Waals surface area (Å²) in [6.07, 6.45) is 1.13. The van der Waals surface area contributed by atoms with E-state index in [1.807, 2.05) is 24.0 Å². The van der Waals surface area contributed by atoms with Crippen molar-refractivity contribution in [1.82, 2.24) is 20.6 Å². The first-order chi connectivity index (χ1) is 11.1. The average Bonchev–Trinajstić information content (AvgIpc) is 2.52. The van der Waals surface area contributed by atoms with Gasteiger partial charge < -0.3 is 4.74 Å². The maximum atomic E-state index is 11.7. The van der Waals surface area contributed by atoms with Crippen LogP contribution < -0.4 is 21.4 Å². The molecular weight excluding hydrogens is 302 g/mol. The van der Waals surface area contributed by atoms with E-state index in [0.29, 0.717) is 17.9 Å². The molecule has 2 rings (SSSR count). The van der Waals surface area contributed by atoms with Gasteiger partial charge in [-0.05, 0) is 19.1 Å². The van der Waals surface area contributed by atoms with Gasteiger partial charge in [0.1, 0.15) is 11.4 Å². The zero-order chi connectivity index (χ0) is 16.7. The lowest BCUT2D eigenvalue weighted by molar-refractivity contribution is -0.120. The summed E-state index contributed by atoms with van der Waals surface area (Å²) in [5.74, 6) is 0.104.